The van der Waals surface area contributed by atoms with Crippen LogP contribution in [0.2, 0.25) is 0 Å². The second kappa shape index (κ2) is 11.4. The molecule has 0 radical (unpaired) electrons. The third-order valence-corrected chi connectivity index (χ3v) is 6.94. The van der Waals surface area contributed by atoms with Crippen molar-refractivity contribution < 1.29 is 4.79 Å². The van der Waals surface area contributed by atoms with E-state index in [9.17, 15) is 4.79 Å². The summed E-state index contributed by atoms with van der Waals surface area (Å²) in [7, 11) is 0. The maximum absolute atomic E-state index is 12.7. The van der Waals surface area contributed by atoms with Crippen LogP contribution in [0.5, 0.6) is 0 Å². The SMILES string of the molecule is CCCN(CC1CC1)C(=O)CCC[C@H]1NC[C@@H]2C[C@@H]1CN(Cc1cccnc1)C2.Cl. The van der Waals surface area contributed by atoms with Crippen molar-refractivity contribution in [3.63, 3.8) is 0 Å². The van der Waals surface area contributed by atoms with E-state index in [1.54, 1.807) is 0 Å². The molecule has 0 spiro atoms. The summed E-state index contributed by atoms with van der Waals surface area (Å²) in [6.07, 6.45) is 11.8. The van der Waals surface area contributed by atoms with Gasteiger partial charge in [-0.2, -0.15) is 0 Å². The van der Waals surface area contributed by atoms with E-state index in [4.69, 9.17) is 0 Å². The van der Waals surface area contributed by atoms with Crippen LogP contribution in [0.25, 0.3) is 0 Å². The molecule has 1 N–H and O–H groups in total. The average Bonchev–Trinajstić information content (AvgIpc) is 3.54. The number of piperidine rings is 2. The molecule has 30 heavy (non-hydrogen) atoms. The molecule has 3 aliphatic rings. The molecule has 2 bridgehead atoms. The van der Waals surface area contributed by atoms with Crippen molar-refractivity contribution in [3.05, 3.63) is 30.1 Å². The Hall–Kier alpha value is -1.17. The Labute approximate surface area is 188 Å². The Kier molecular flexibility index (Phi) is 8.97. The number of fused-ring (bicyclic) bond motifs is 2. The Morgan fingerprint density at radius 1 is 1.33 bits per heavy atom. The van der Waals surface area contributed by atoms with E-state index < -0.39 is 0 Å². The number of pyridine rings is 1. The monoisotopic (exact) mass is 434 g/mol. The molecule has 2 saturated heterocycles. The van der Waals surface area contributed by atoms with E-state index in [2.05, 4.69) is 33.1 Å². The summed E-state index contributed by atoms with van der Waals surface area (Å²) >= 11 is 0. The van der Waals surface area contributed by atoms with Crippen molar-refractivity contribution in [1.29, 1.82) is 0 Å². The van der Waals surface area contributed by atoms with Gasteiger partial charge in [-0.05, 0) is 74.5 Å². The molecule has 0 unspecified atom stereocenters. The summed E-state index contributed by atoms with van der Waals surface area (Å²) in [5.41, 5.74) is 1.31. The van der Waals surface area contributed by atoms with E-state index in [-0.39, 0.29) is 12.4 Å². The molecule has 1 aliphatic carbocycles. The normalized spacial score (nSPS) is 26.1. The largest absolute Gasteiger partial charge is 0.342 e. The first kappa shape index (κ1) is 23.5. The molecule has 1 saturated carbocycles. The van der Waals surface area contributed by atoms with Gasteiger partial charge in [0.25, 0.3) is 0 Å². The average molecular weight is 435 g/mol. The molecule has 6 heteroatoms. The van der Waals surface area contributed by atoms with Crippen molar-refractivity contribution in [2.24, 2.45) is 17.8 Å². The molecule has 3 atom stereocenters. The molecule has 1 aromatic rings. The summed E-state index contributed by atoms with van der Waals surface area (Å²) in [6.45, 7) is 8.61. The molecule has 1 amide bonds. The maximum atomic E-state index is 12.7. The Balaban J connectivity index is 0.00000256. The zero-order valence-electron chi connectivity index (χ0n) is 18.5. The van der Waals surface area contributed by atoms with Crippen LogP contribution in [0.4, 0.5) is 0 Å². The number of likely N-dealkylation sites (tertiary alicyclic amines) is 1. The standard InChI is InChI=1S/C24H38N4O.ClH/c1-2-11-28(17-19-8-9-19)24(29)7-3-6-23-22-12-21(14-26-23)16-27(18-22)15-20-5-4-10-25-13-20;/h4-5,10,13,19,21-23,26H,2-3,6-9,11-12,14-18H2,1H3;1H/t21-,22+,23+;/m0./s1. The number of rotatable bonds is 10. The number of nitrogens with zero attached hydrogens (tertiary/aromatic N) is 3. The van der Waals surface area contributed by atoms with Crippen LogP contribution < -0.4 is 5.32 Å². The molecule has 4 rings (SSSR count). The summed E-state index contributed by atoms with van der Waals surface area (Å²) in [5.74, 6) is 2.65. The van der Waals surface area contributed by atoms with Gasteiger partial charge in [-0.25, -0.2) is 0 Å². The van der Waals surface area contributed by atoms with Crippen LogP contribution in [0.1, 0.15) is 57.4 Å². The predicted octanol–water partition coefficient (Wildman–Crippen LogP) is 3.73. The minimum absolute atomic E-state index is 0. The summed E-state index contributed by atoms with van der Waals surface area (Å²) < 4.78 is 0. The molecule has 0 aromatic carbocycles. The summed E-state index contributed by atoms with van der Waals surface area (Å²) in [6, 6.07) is 4.79. The van der Waals surface area contributed by atoms with Crippen molar-refractivity contribution in [3.8, 4) is 0 Å². The van der Waals surface area contributed by atoms with E-state index in [1.165, 1.54) is 37.9 Å². The zero-order valence-corrected chi connectivity index (χ0v) is 19.3. The number of nitrogens with one attached hydrogen (secondary N) is 1. The number of carbonyl (C=O) groups excluding carboxylic acids is 1. The summed E-state index contributed by atoms with van der Waals surface area (Å²) in [4.78, 5) is 21.7. The van der Waals surface area contributed by atoms with E-state index in [0.717, 1.165) is 63.7 Å². The third kappa shape index (κ3) is 6.66. The van der Waals surface area contributed by atoms with Gasteiger partial charge in [0.05, 0.1) is 0 Å². The highest BCUT2D eigenvalue weighted by atomic mass is 35.5. The van der Waals surface area contributed by atoms with Crippen molar-refractivity contribution in [1.82, 2.24) is 20.1 Å². The fraction of sp³-hybridized carbons (Fsp3) is 0.750. The lowest BCUT2D eigenvalue weighted by Crippen LogP contribution is -2.55. The van der Waals surface area contributed by atoms with Gasteiger partial charge in [0, 0.05) is 57.6 Å². The topological polar surface area (TPSA) is 48.5 Å². The highest BCUT2D eigenvalue weighted by molar-refractivity contribution is 5.85. The minimum Gasteiger partial charge on any atom is -0.342 e. The second-order valence-electron chi connectivity index (χ2n) is 9.61. The van der Waals surface area contributed by atoms with Crippen LogP contribution in [0, 0.1) is 17.8 Å². The molecule has 2 aliphatic heterocycles. The lowest BCUT2D eigenvalue weighted by atomic mass is 9.79. The van der Waals surface area contributed by atoms with Gasteiger partial charge in [0.1, 0.15) is 0 Å². The van der Waals surface area contributed by atoms with Crippen molar-refractivity contribution in [2.75, 3.05) is 32.7 Å². The molecule has 5 nitrogen and oxygen atoms in total. The minimum atomic E-state index is 0. The summed E-state index contributed by atoms with van der Waals surface area (Å²) in [5, 5.41) is 3.81. The zero-order chi connectivity index (χ0) is 20.1. The van der Waals surface area contributed by atoms with Crippen LogP contribution in [0.3, 0.4) is 0 Å². The van der Waals surface area contributed by atoms with Crippen molar-refractivity contribution >= 4 is 18.3 Å². The lowest BCUT2D eigenvalue weighted by molar-refractivity contribution is -0.131. The maximum Gasteiger partial charge on any atom is 0.222 e. The van der Waals surface area contributed by atoms with E-state index in [1.807, 2.05) is 18.5 Å². The van der Waals surface area contributed by atoms with E-state index >= 15 is 0 Å². The quantitative estimate of drug-likeness (QED) is 0.609. The number of hydrogen-bond acceptors (Lipinski definition) is 4. The van der Waals surface area contributed by atoms with Gasteiger partial charge < -0.3 is 10.2 Å². The van der Waals surface area contributed by atoms with Crippen LogP contribution >= 0.6 is 12.4 Å². The molecular weight excluding hydrogens is 396 g/mol. The van der Waals surface area contributed by atoms with Gasteiger partial charge in [-0.3, -0.25) is 14.7 Å². The molecule has 3 fully saturated rings. The Morgan fingerprint density at radius 3 is 2.93 bits per heavy atom. The number of amides is 1. The van der Waals surface area contributed by atoms with Gasteiger partial charge in [-0.1, -0.05) is 13.0 Å². The number of halogens is 1. The van der Waals surface area contributed by atoms with Crippen LogP contribution in [-0.2, 0) is 11.3 Å². The lowest BCUT2D eigenvalue weighted by Gasteiger charge is -2.46. The second-order valence-corrected chi connectivity index (χ2v) is 9.61. The van der Waals surface area contributed by atoms with Gasteiger partial charge >= 0.3 is 0 Å². The molecule has 3 heterocycles. The fourth-order valence-electron chi connectivity index (χ4n) is 5.32. The molecule has 168 valence electrons. The van der Waals surface area contributed by atoms with Gasteiger partial charge in [0.2, 0.25) is 5.91 Å². The Morgan fingerprint density at radius 2 is 2.20 bits per heavy atom. The molecular formula is C24H39ClN4O. The molecule has 1 aromatic heterocycles. The smallest absolute Gasteiger partial charge is 0.222 e. The van der Waals surface area contributed by atoms with Gasteiger partial charge in [0.15, 0.2) is 0 Å². The third-order valence-electron chi connectivity index (χ3n) is 6.94. The highest BCUT2D eigenvalue weighted by Gasteiger charge is 2.36. The number of aromatic nitrogens is 1. The van der Waals surface area contributed by atoms with Gasteiger partial charge in [-0.15, -0.1) is 12.4 Å². The first-order valence-corrected chi connectivity index (χ1v) is 11.8. The van der Waals surface area contributed by atoms with E-state index in [0.29, 0.717) is 17.9 Å². The van der Waals surface area contributed by atoms with Crippen LogP contribution in [-0.4, -0.2) is 59.5 Å². The highest BCUT2D eigenvalue weighted by Crippen LogP contribution is 2.32. The Bertz CT molecular complexity index is 654. The number of hydrogen-bond donors (Lipinski definition) is 1. The predicted molar refractivity (Wildman–Crippen MR) is 124 cm³/mol. The van der Waals surface area contributed by atoms with Crippen LogP contribution in [0.15, 0.2) is 24.5 Å². The number of carbonyl (C=O) groups is 1. The first-order valence-electron chi connectivity index (χ1n) is 11.8. The first-order chi connectivity index (χ1) is 14.2. The fourth-order valence-corrected chi connectivity index (χ4v) is 5.32. The van der Waals surface area contributed by atoms with Crippen molar-refractivity contribution in [2.45, 2.75) is 64.5 Å².